The number of hydrogen-bond acceptors (Lipinski definition) is 3. The van der Waals surface area contributed by atoms with E-state index in [2.05, 4.69) is 0 Å². The van der Waals surface area contributed by atoms with Gasteiger partial charge in [-0.2, -0.15) is 0 Å². The first kappa shape index (κ1) is 16.6. The number of anilines is 1. The van der Waals surface area contributed by atoms with E-state index in [9.17, 15) is 9.59 Å². The minimum Gasteiger partial charge on any atom is -0.340 e. The van der Waals surface area contributed by atoms with E-state index in [4.69, 9.17) is 0 Å². The van der Waals surface area contributed by atoms with Crippen molar-refractivity contribution in [3.8, 4) is 0 Å². The van der Waals surface area contributed by atoms with Gasteiger partial charge in [-0.15, -0.1) is 0 Å². The molecule has 0 saturated carbocycles. The Kier molecular flexibility index (Phi) is 4.37. The largest absolute Gasteiger partial charge is 0.340 e. The van der Waals surface area contributed by atoms with Gasteiger partial charge in [-0.1, -0.05) is 54.2 Å². The Morgan fingerprint density at radius 2 is 1.75 bits per heavy atom. The first-order chi connectivity index (χ1) is 11.4. The van der Waals surface area contributed by atoms with Crippen molar-refractivity contribution in [2.75, 3.05) is 19.0 Å². The van der Waals surface area contributed by atoms with Crippen LogP contribution in [0.1, 0.15) is 12.5 Å². The summed E-state index contributed by atoms with van der Waals surface area (Å²) < 4.78 is -1.15. The van der Waals surface area contributed by atoms with E-state index in [1.807, 2.05) is 54.6 Å². The maximum atomic E-state index is 13.0. The lowest BCUT2D eigenvalue weighted by molar-refractivity contribution is -0.137. The summed E-state index contributed by atoms with van der Waals surface area (Å²) in [4.78, 5) is 30.1. The first-order valence-electron chi connectivity index (χ1n) is 7.79. The van der Waals surface area contributed by atoms with Gasteiger partial charge in [0.2, 0.25) is 5.91 Å². The highest BCUT2D eigenvalue weighted by Gasteiger charge is 2.49. The van der Waals surface area contributed by atoms with Crippen molar-refractivity contribution in [2.45, 2.75) is 23.1 Å². The summed E-state index contributed by atoms with van der Waals surface area (Å²) >= 11 is 1.34. The Bertz CT molecular complexity index is 778. The predicted molar refractivity (Wildman–Crippen MR) is 97.0 cm³/mol. The highest BCUT2D eigenvalue weighted by Crippen LogP contribution is 2.45. The fraction of sp³-hybridized carbons (Fsp3) is 0.263. The van der Waals surface area contributed by atoms with Gasteiger partial charge < -0.3 is 9.80 Å². The molecule has 0 aromatic heterocycles. The van der Waals surface area contributed by atoms with Crippen molar-refractivity contribution in [2.24, 2.45) is 0 Å². The summed E-state index contributed by atoms with van der Waals surface area (Å²) in [5, 5.41) is 0. The number of carbonyl (C=O) groups excluding carboxylic acids is 2. The lowest BCUT2D eigenvalue weighted by atomic mass is 10.1. The van der Waals surface area contributed by atoms with Crippen LogP contribution in [0.4, 0.5) is 5.69 Å². The Labute approximate surface area is 146 Å². The minimum atomic E-state index is -1.15. The van der Waals surface area contributed by atoms with Crippen LogP contribution in [0.2, 0.25) is 0 Å². The number of hydrogen-bond donors (Lipinski definition) is 0. The maximum Gasteiger partial charge on any atom is 0.252 e. The smallest absolute Gasteiger partial charge is 0.252 e. The molecule has 4 nitrogen and oxygen atoms in total. The van der Waals surface area contributed by atoms with Crippen LogP contribution in [-0.4, -0.2) is 35.6 Å². The van der Waals surface area contributed by atoms with E-state index in [-0.39, 0.29) is 11.8 Å². The standard InChI is InChI=1S/C19H20N2O2S/c1-19(17(22)20(2)13-14-9-5-4-6-10-14)18(23)21(3)15-11-7-8-12-16(15)24-19/h4-12H,13H2,1-3H3. The van der Waals surface area contributed by atoms with Gasteiger partial charge >= 0.3 is 0 Å². The predicted octanol–water partition coefficient (Wildman–Crippen LogP) is 3.17. The van der Waals surface area contributed by atoms with Crippen LogP contribution < -0.4 is 4.90 Å². The van der Waals surface area contributed by atoms with Crippen molar-refractivity contribution < 1.29 is 9.59 Å². The quantitative estimate of drug-likeness (QED) is 0.806. The number of fused-ring (bicyclic) bond motifs is 1. The third-order valence-corrected chi connectivity index (χ3v) is 5.59. The second-order valence-electron chi connectivity index (χ2n) is 6.11. The van der Waals surface area contributed by atoms with Gasteiger partial charge in [0.25, 0.3) is 5.91 Å². The average Bonchev–Trinajstić information content (AvgIpc) is 2.60. The van der Waals surface area contributed by atoms with Gasteiger partial charge in [0.15, 0.2) is 4.75 Å². The molecule has 0 bridgehead atoms. The first-order valence-corrected chi connectivity index (χ1v) is 8.61. The summed E-state index contributed by atoms with van der Waals surface area (Å²) in [6.45, 7) is 2.20. The van der Waals surface area contributed by atoms with Crippen LogP contribution >= 0.6 is 11.8 Å². The zero-order valence-electron chi connectivity index (χ0n) is 14.0. The van der Waals surface area contributed by atoms with Crippen LogP contribution in [0.25, 0.3) is 0 Å². The number of thioether (sulfide) groups is 1. The normalized spacial score (nSPS) is 19.8. The number of carbonyl (C=O) groups is 2. The molecule has 1 unspecified atom stereocenters. The zero-order chi connectivity index (χ0) is 17.3. The van der Waals surface area contributed by atoms with E-state index in [0.29, 0.717) is 6.54 Å². The van der Waals surface area contributed by atoms with E-state index in [0.717, 1.165) is 16.1 Å². The second kappa shape index (κ2) is 6.32. The summed E-state index contributed by atoms with van der Waals surface area (Å²) in [7, 11) is 3.47. The van der Waals surface area contributed by atoms with Crippen LogP contribution in [0.5, 0.6) is 0 Å². The molecule has 2 aromatic carbocycles. The number of amides is 2. The van der Waals surface area contributed by atoms with Gasteiger partial charge in [-0.25, -0.2) is 0 Å². The topological polar surface area (TPSA) is 40.6 Å². The van der Waals surface area contributed by atoms with Crippen molar-refractivity contribution in [1.82, 2.24) is 4.90 Å². The maximum absolute atomic E-state index is 13.0. The molecular formula is C19H20N2O2S. The molecule has 124 valence electrons. The molecule has 1 atom stereocenters. The van der Waals surface area contributed by atoms with E-state index in [1.165, 1.54) is 11.8 Å². The SMILES string of the molecule is CN(Cc1ccccc1)C(=O)C1(C)Sc2ccccc2N(C)C1=O. The molecule has 2 amide bonds. The van der Waals surface area contributed by atoms with E-state index < -0.39 is 4.75 Å². The number of benzene rings is 2. The number of rotatable bonds is 3. The molecule has 1 aliphatic heterocycles. The summed E-state index contributed by atoms with van der Waals surface area (Å²) in [5.41, 5.74) is 1.89. The second-order valence-corrected chi connectivity index (χ2v) is 7.57. The van der Waals surface area contributed by atoms with Crippen LogP contribution in [0.15, 0.2) is 59.5 Å². The van der Waals surface area contributed by atoms with Crippen LogP contribution in [0.3, 0.4) is 0 Å². The molecule has 2 aromatic rings. The average molecular weight is 340 g/mol. The molecule has 3 rings (SSSR count). The molecule has 1 heterocycles. The zero-order valence-corrected chi connectivity index (χ0v) is 14.8. The number of nitrogens with zero attached hydrogens (tertiary/aromatic N) is 2. The molecule has 0 N–H and O–H groups in total. The Balaban J connectivity index is 1.87. The molecule has 1 aliphatic rings. The van der Waals surface area contributed by atoms with Gasteiger partial charge in [-0.3, -0.25) is 9.59 Å². The lowest BCUT2D eigenvalue weighted by Gasteiger charge is -2.38. The Morgan fingerprint density at radius 3 is 2.46 bits per heavy atom. The minimum absolute atomic E-state index is 0.178. The number of para-hydroxylation sites is 1. The van der Waals surface area contributed by atoms with Crippen LogP contribution in [0, 0.1) is 0 Å². The summed E-state index contributed by atoms with van der Waals surface area (Å²) in [6.07, 6.45) is 0. The fourth-order valence-electron chi connectivity index (χ4n) is 2.94. The molecule has 0 aliphatic carbocycles. The molecule has 0 saturated heterocycles. The molecular weight excluding hydrogens is 320 g/mol. The molecule has 0 radical (unpaired) electrons. The van der Waals surface area contributed by atoms with E-state index >= 15 is 0 Å². The van der Waals surface area contributed by atoms with Crippen molar-refractivity contribution in [1.29, 1.82) is 0 Å². The summed E-state index contributed by atoms with van der Waals surface area (Å²) in [5.74, 6) is -0.362. The molecule has 5 heteroatoms. The monoisotopic (exact) mass is 340 g/mol. The van der Waals surface area contributed by atoms with Crippen LogP contribution in [-0.2, 0) is 16.1 Å². The molecule has 0 spiro atoms. The highest BCUT2D eigenvalue weighted by molar-refractivity contribution is 8.02. The van der Waals surface area contributed by atoms with Crippen molar-refractivity contribution >= 4 is 29.3 Å². The lowest BCUT2D eigenvalue weighted by Crippen LogP contribution is -2.55. The van der Waals surface area contributed by atoms with Gasteiger partial charge in [0, 0.05) is 25.5 Å². The van der Waals surface area contributed by atoms with Gasteiger partial charge in [-0.05, 0) is 24.6 Å². The third kappa shape index (κ3) is 2.80. The van der Waals surface area contributed by atoms with E-state index in [1.54, 1.807) is 30.8 Å². The van der Waals surface area contributed by atoms with Gasteiger partial charge in [0.05, 0.1) is 5.69 Å². The Hall–Kier alpha value is -2.27. The highest BCUT2D eigenvalue weighted by atomic mass is 32.2. The van der Waals surface area contributed by atoms with Crippen molar-refractivity contribution in [3.05, 3.63) is 60.2 Å². The fourth-order valence-corrected chi connectivity index (χ4v) is 4.31. The third-order valence-electron chi connectivity index (χ3n) is 4.27. The van der Waals surface area contributed by atoms with Gasteiger partial charge in [0.1, 0.15) is 0 Å². The molecule has 24 heavy (non-hydrogen) atoms. The van der Waals surface area contributed by atoms with Crippen molar-refractivity contribution in [3.63, 3.8) is 0 Å². The summed E-state index contributed by atoms with van der Waals surface area (Å²) in [6, 6.07) is 17.5. The Morgan fingerprint density at radius 1 is 1.12 bits per heavy atom. The molecule has 0 fully saturated rings.